The van der Waals surface area contributed by atoms with Crippen molar-refractivity contribution in [2.24, 2.45) is 0 Å². The van der Waals surface area contributed by atoms with Crippen LogP contribution >= 0.6 is 0 Å². The van der Waals surface area contributed by atoms with E-state index < -0.39 is 5.97 Å². The second-order valence-electron chi connectivity index (χ2n) is 5.25. The Labute approximate surface area is 123 Å². The monoisotopic (exact) mass is 283 g/mol. The molecule has 21 heavy (non-hydrogen) atoms. The third-order valence-electron chi connectivity index (χ3n) is 3.85. The van der Waals surface area contributed by atoms with E-state index in [1.54, 1.807) is 13.2 Å². The van der Waals surface area contributed by atoms with Crippen LogP contribution < -0.4 is 4.74 Å². The van der Waals surface area contributed by atoms with Crippen LogP contribution in [-0.4, -0.2) is 23.2 Å². The molecule has 2 aromatic rings. The Hall–Kier alpha value is -2.36. The van der Waals surface area contributed by atoms with Crippen molar-refractivity contribution in [3.8, 4) is 17.0 Å². The van der Waals surface area contributed by atoms with Crippen molar-refractivity contribution in [1.82, 2.24) is 4.98 Å². The highest BCUT2D eigenvalue weighted by atomic mass is 16.5. The fourth-order valence-electron chi connectivity index (χ4n) is 2.84. The quantitative estimate of drug-likeness (QED) is 0.798. The van der Waals surface area contributed by atoms with Crippen LogP contribution in [0, 0.1) is 0 Å². The summed E-state index contributed by atoms with van der Waals surface area (Å²) in [5.41, 5.74) is 5.10. The minimum absolute atomic E-state index is 0.329. The first-order valence-electron chi connectivity index (χ1n) is 7.07. The molecule has 0 atom stereocenters. The third kappa shape index (κ3) is 2.27. The molecule has 4 heteroatoms. The predicted molar refractivity (Wildman–Crippen MR) is 80.0 cm³/mol. The number of carboxylic acids is 1. The standard InChI is InChI=1S/C17H17NO3/c1-3-4-15-14(17(19)20)8-11-7-10-5-6-12(21-2)9-13(10)16(11)18-15/h5-6,8-9H,3-4,7H2,1-2H3,(H,19,20). The molecular weight excluding hydrogens is 266 g/mol. The molecule has 1 aliphatic carbocycles. The summed E-state index contributed by atoms with van der Waals surface area (Å²) in [5, 5.41) is 9.36. The van der Waals surface area contributed by atoms with Gasteiger partial charge in [0.25, 0.3) is 0 Å². The second kappa shape index (κ2) is 5.20. The number of hydrogen-bond donors (Lipinski definition) is 1. The van der Waals surface area contributed by atoms with Crippen LogP contribution in [0.2, 0.25) is 0 Å². The van der Waals surface area contributed by atoms with Gasteiger partial charge in [0.2, 0.25) is 0 Å². The van der Waals surface area contributed by atoms with Gasteiger partial charge >= 0.3 is 5.97 Å². The molecule has 0 aliphatic heterocycles. The number of ether oxygens (including phenoxy) is 1. The van der Waals surface area contributed by atoms with E-state index in [4.69, 9.17) is 4.74 Å². The summed E-state index contributed by atoms with van der Waals surface area (Å²) >= 11 is 0. The Kier molecular flexibility index (Phi) is 3.37. The predicted octanol–water partition coefficient (Wildman–Crippen LogP) is 3.31. The molecule has 3 rings (SSSR count). The molecule has 0 bridgehead atoms. The molecule has 1 aliphatic rings. The number of aromatic carboxylic acids is 1. The van der Waals surface area contributed by atoms with E-state index in [1.807, 2.05) is 25.1 Å². The SMILES string of the molecule is CCCc1nc2c(cc1C(=O)O)Cc1ccc(OC)cc1-2. The van der Waals surface area contributed by atoms with Gasteiger partial charge in [-0.05, 0) is 35.7 Å². The van der Waals surface area contributed by atoms with Crippen molar-refractivity contribution < 1.29 is 14.6 Å². The van der Waals surface area contributed by atoms with Gasteiger partial charge < -0.3 is 9.84 Å². The van der Waals surface area contributed by atoms with Gasteiger partial charge in [0.05, 0.1) is 24.1 Å². The van der Waals surface area contributed by atoms with Gasteiger partial charge in [0.15, 0.2) is 0 Å². The van der Waals surface area contributed by atoms with E-state index in [0.29, 0.717) is 17.7 Å². The van der Waals surface area contributed by atoms with Crippen molar-refractivity contribution in [1.29, 1.82) is 0 Å². The van der Waals surface area contributed by atoms with E-state index in [2.05, 4.69) is 4.98 Å². The fraction of sp³-hybridized carbons (Fsp3) is 0.294. The van der Waals surface area contributed by atoms with E-state index in [0.717, 1.165) is 35.4 Å². The number of fused-ring (bicyclic) bond motifs is 3. The Balaban J connectivity index is 2.16. The molecule has 1 aromatic carbocycles. The summed E-state index contributed by atoms with van der Waals surface area (Å²) in [6.45, 7) is 2.03. The number of aryl methyl sites for hydroxylation is 1. The normalized spacial score (nSPS) is 11.9. The van der Waals surface area contributed by atoms with Crippen LogP contribution in [-0.2, 0) is 12.8 Å². The summed E-state index contributed by atoms with van der Waals surface area (Å²) < 4.78 is 5.27. The molecule has 0 saturated carbocycles. The molecule has 1 heterocycles. The topological polar surface area (TPSA) is 59.4 Å². The van der Waals surface area contributed by atoms with Gasteiger partial charge in [0.1, 0.15) is 5.75 Å². The van der Waals surface area contributed by atoms with Crippen LogP contribution in [0.25, 0.3) is 11.3 Å². The van der Waals surface area contributed by atoms with Crippen molar-refractivity contribution in [2.75, 3.05) is 7.11 Å². The minimum atomic E-state index is -0.901. The molecule has 4 nitrogen and oxygen atoms in total. The lowest BCUT2D eigenvalue weighted by Gasteiger charge is -2.08. The molecule has 1 aromatic heterocycles. The average Bonchev–Trinajstić information content (AvgIpc) is 2.83. The highest BCUT2D eigenvalue weighted by Crippen LogP contribution is 2.38. The summed E-state index contributed by atoms with van der Waals surface area (Å²) in [4.78, 5) is 16.1. The van der Waals surface area contributed by atoms with E-state index in [9.17, 15) is 9.90 Å². The number of aromatic nitrogens is 1. The lowest BCUT2D eigenvalue weighted by atomic mass is 10.0. The van der Waals surface area contributed by atoms with Gasteiger partial charge in [-0.3, -0.25) is 4.98 Å². The first-order valence-corrected chi connectivity index (χ1v) is 7.07. The summed E-state index contributed by atoms with van der Waals surface area (Å²) in [6.07, 6.45) is 2.28. The zero-order valence-corrected chi connectivity index (χ0v) is 12.1. The smallest absolute Gasteiger partial charge is 0.337 e. The lowest BCUT2D eigenvalue weighted by Crippen LogP contribution is -2.06. The number of pyridine rings is 1. The molecular formula is C17H17NO3. The Morgan fingerprint density at radius 2 is 2.14 bits per heavy atom. The zero-order chi connectivity index (χ0) is 15.0. The van der Waals surface area contributed by atoms with Crippen LogP contribution in [0.1, 0.15) is 40.5 Å². The van der Waals surface area contributed by atoms with Crippen LogP contribution in [0.15, 0.2) is 24.3 Å². The minimum Gasteiger partial charge on any atom is -0.497 e. The molecule has 0 fully saturated rings. The first kappa shape index (κ1) is 13.6. The molecule has 0 saturated heterocycles. The maximum Gasteiger partial charge on any atom is 0.337 e. The Bertz CT molecular complexity index is 722. The van der Waals surface area contributed by atoms with E-state index in [-0.39, 0.29) is 0 Å². The van der Waals surface area contributed by atoms with Crippen molar-refractivity contribution >= 4 is 5.97 Å². The van der Waals surface area contributed by atoms with Crippen LogP contribution in [0.5, 0.6) is 5.75 Å². The van der Waals surface area contributed by atoms with Gasteiger partial charge in [-0.15, -0.1) is 0 Å². The summed E-state index contributed by atoms with van der Waals surface area (Å²) in [7, 11) is 1.64. The van der Waals surface area contributed by atoms with Gasteiger partial charge in [-0.25, -0.2) is 4.79 Å². The largest absolute Gasteiger partial charge is 0.497 e. The number of carboxylic acid groups (broad SMARTS) is 1. The molecule has 0 amide bonds. The molecule has 0 spiro atoms. The van der Waals surface area contributed by atoms with Gasteiger partial charge in [-0.2, -0.15) is 0 Å². The summed E-state index contributed by atoms with van der Waals surface area (Å²) in [5.74, 6) is -0.106. The fourth-order valence-corrected chi connectivity index (χ4v) is 2.84. The number of benzene rings is 1. The maximum atomic E-state index is 11.4. The average molecular weight is 283 g/mol. The highest BCUT2D eigenvalue weighted by Gasteiger charge is 2.24. The van der Waals surface area contributed by atoms with Crippen LogP contribution in [0.3, 0.4) is 0 Å². The molecule has 0 radical (unpaired) electrons. The van der Waals surface area contributed by atoms with E-state index >= 15 is 0 Å². The zero-order valence-electron chi connectivity index (χ0n) is 12.1. The molecule has 0 unspecified atom stereocenters. The second-order valence-corrected chi connectivity index (χ2v) is 5.25. The van der Waals surface area contributed by atoms with Gasteiger partial charge in [-0.1, -0.05) is 19.4 Å². The molecule has 108 valence electrons. The number of nitrogens with zero attached hydrogens (tertiary/aromatic N) is 1. The molecule has 1 N–H and O–H groups in total. The third-order valence-corrected chi connectivity index (χ3v) is 3.85. The van der Waals surface area contributed by atoms with Crippen molar-refractivity contribution in [2.45, 2.75) is 26.2 Å². The summed E-state index contributed by atoms with van der Waals surface area (Å²) in [6, 6.07) is 7.71. The first-order chi connectivity index (χ1) is 10.1. The highest BCUT2D eigenvalue weighted by molar-refractivity contribution is 5.90. The van der Waals surface area contributed by atoms with Crippen molar-refractivity contribution in [3.05, 3.63) is 46.6 Å². The maximum absolute atomic E-state index is 11.4. The number of rotatable bonds is 4. The number of carbonyl (C=O) groups is 1. The van der Waals surface area contributed by atoms with E-state index in [1.165, 1.54) is 5.56 Å². The van der Waals surface area contributed by atoms with Crippen LogP contribution in [0.4, 0.5) is 0 Å². The van der Waals surface area contributed by atoms with Crippen molar-refractivity contribution in [3.63, 3.8) is 0 Å². The number of methoxy groups -OCH3 is 1. The number of hydrogen-bond acceptors (Lipinski definition) is 3. The Morgan fingerprint density at radius 3 is 2.81 bits per heavy atom. The lowest BCUT2D eigenvalue weighted by molar-refractivity contribution is 0.0695. The Morgan fingerprint density at radius 1 is 1.33 bits per heavy atom. The van der Waals surface area contributed by atoms with Gasteiger partial charge in [0, 0.05) is 12.0 Å².